The molecule has 2 unspecified atom stereocenters. The minimum absolute atomic E-state index is 0.419. The average Bonchev–Trinajstić information content (AvgIpc) is 2.50. The van der Waals surface area contributed by atoms with E-state index in [1.807, 2.05) is 0 Å². The third kappa shape index (κ3) is 3.46. The number of rotatable bonds is 2. The smallest absolute Gasteiger partial charge is 0.0194 e. The largest absolute Gasteiger partial charge is 0.326 e. The van der Waals surface area contributed by atoms with Gasteiger partial charge in [-0.3, -0.25) is 0 Å². The van der Waals surface area contributed by atoms with E-state index in [0.717, 1.165) is 18.4 Å². The maximum Gasteiger partial charge on any atom is 0.0194 e. The van der Waals surface area contributed by atoms with Crippen molar-refractivity contribution in [2.75, 3.05) is 13.1 Å². The molecule has 15 heavy (non-hydrogen) atoms. The van der Waals surface area contributed by atoms with Crippen molar-refractivity contribution in [3.05, 3.63) is 0 Å². The summed E-state index contributed by atoms with van der Waals surface area (Å²) in [4.78, 5) is 0. The number of hydrogen-bond donors (Lipinski definition) is 2. The van der Waals surface area contributed by atoms with Crippen LogP contribution in [0.4, 0.5) is 0 Å². The van der Waals surface area contributed by atoms with Crippen molar-refractivity contribution < 1.29 is 0 Å². The molecule has 3 N–H and O–H groups in total. The van der Waals surface area contributed by atoms with Gasteiger partial charge in [-0.1, -0.05) is 38.5 Å². The van der Waals surface area contributed by atoms with Gasteiger partial charge in [0.1, 0.15) is 0 Å². The lowest BCUT2D eigenvalue weighted by Crippen LogP contribution is -2.46. The van der Waals surface area contributed by atoms with Crippen LogP contribution in [0.2, 0.25) is 0 Å². The van der Waals surface area contributed by atoms with Crippen molar-refractivity contribution >= 4 is 0 Å². The number of nitrogens with one attached hydrogen (secondary N) is 1. The normalized spacial score (nSPS) is 35.0. The van der Waals surface area contributed by atoms with Gasteiger partial charge in [-0.15, -0.1) is 0 Å². The zero-order valence-electron chi connectivity index (χ0n) is 9.88. The Balaban J connectivity index is 1.78. The Hall–Kier alpha value is -0.0800. The van der Waals surface area contributed by atoms with Gasteiger partial charge in [0.25, 0.3) is 0 Å². The molecule has 2 rings (SSSR count). The first-order chi connectivity index (χ1) is 7.36. The van der Waals surface area contributed by atoms with Gasteiger partial charge in [-0.05, 0) is 31.2 Å². The highest BCUT2D eigenvalue weighted by molar-refractivity contribution is 4.82. The van der Waals surface area contributed by atoms with Crippen molar-refractivity contribution in [3.63, 3.8) is 0 Å². The predicted molar refractivity (Wildman–Crippen MR) is 64.8 cm³/mol. The Morgan fingerprint density at radius 3 is 2.40 bits per heavy atom. The maximum absolute atomic E-state index is 6.17. The number of hydrogen-bond acceptors (Lipinski definition) is 2. The van der Waals surface area contributed by atoms with Crippen LogP contribution in [0.3, 0.4) is 0 Å². The molecule has 0 spiro atoms. The molecule has 0 amide bonds. The van der Waals surface area contributed by atoms with Crippen LogP contribution in [-0.2, 0) is 0 Å². The van der Waals surface area contributed by atoms with Crippen molar-refractivity contribution in [2.45, 2.75) is 57.4 Å². The molecular weight excluding hydrogens is 184 g/mol. The summed E-state index contributed by atoms with van der Waals surface area (Å²) in [7, 11) is 0. The van der Waals surface area contributed by atoms with Gasteiger partial charge in [0.15, 0.2) is 0 Å². The molecule has 1 heterocycles. The van der Waals surface area contributed by atoms with Crippen molar-refractivity contribution in [3.8, 4) is 0 Å². The summed E-state index contributed by atoms with van der Waals surface area (Å²) in [5.74, 6) is 1.79. The van der Waals surface area contributed by atoms with Crippen LogP contribution in [0.1, 0.15) is 51.4 Å². The van der Waals surface area contributed by atoms with E-state index in [1.54, 1.807) is 0 Å². The first kappa shape index (κ1) is 11.4. The molecule has 88 valence electrons. The molecule has 2 atom stereocenters. The molecule has 0 aromatic heterocycles. The lowest BCUT2D eigenvalue weighted by atomic mass is 9.82. The molecule has 0 aromatic rings. The molecule has 2 aliphatic rings. The minimum atomic E-state index is 0.419. The lowest BCUT2D eigenvalue weighted by Gasteiger charge is -2.32. The summed E-state index contributed by atoms with van der Waals surface area (Å²) in [5.41, 5.74) is 6.17. The molecule has 0 radical (unpaired) electrons. The fraction of sp³-hybridized carbons (Fsp3) is 1.00. The maximum atomic E-state index is 6.17. The third-order valence-electron chi connectivity index (χ3n) is 4.29. The van der Waals surface area contributed by atoms with Crippen LogP contribution in [0.15, 0.2) is 0 Å². The van der Waals surface area contributed by atoms with Gasteiger partial charge in [-0.2, -0.15) is 0 Å². The van der Waals surface area contributed by atoms with E-state index in [4.69, 9.17) is 5.73 Å². The molecule has 2 nitrogen and oxygen atoms in total. The second-order valence-corrected chi connectivity index (χ2v) is 5.51. The van der Waals surface area contributed by atoms with Gasteiger partial charge in [0.05, 0.1) is 0 Å². The molecule has 1 saturated heterocycles. The molecule has 1 saturated carbocycles. The number of nitrogens with two attached hydrogens (primary N) is 1. The molecule has 2 heteroatoms. The van der Waals surface area contributed by atoms with E-state index in [-0.39, 0.29) is 0 Å². The monoisotopic (exact) mass is 210 g/mol. The highest BCUT2D eigenvalue weighted by atomic mass is 14.9. The third-order valence-corrected chi connectivity index (χ3v) is 4.29. The summed E-state index contributed by atoms with van der Waals surface area (Å²) in [5, 5.41) is 3.39. The van der Waals surface area contributed by atoms with E-state index in [9.17, 15) is 0 Å². The van der Waals surface area contributed by atoms with Crippen molar-refractivity contribution in [1.29, 1.82) is 0 Å². The SMILES string of the molecule is NC1CNCCC1CC1CCCCCC1. The first-order valence-corrected chi connectivity index (χ1v) is 6.82. The standard InChI is InChI=1S/C13H26N2/c14-13-10-15-8-7-12(13)9-11-5-3-1-2-4-6-11/h11-13,15H,1-10,14H2. The van der Waals surface area contributed by atoms with E-state index < -0.39 is 0 Å². The van der Waals surface area contributed by atoms with E-state index in [0.29, 0.717) is 6.04 Å². The van der Waals surface area contributed by atoms with Crippen molar-refractivity contribution in [2.24, 2.45) is 17.6 Å². The molecule has 2 fully saturated rings. The Bertz CT molecular complexity index is 173. The molecule has 0 bridgehead atoms. The lowest BCUT2D eigenvalue weighted by molar-refractivity contribution is 0.251. The molecule has 1 aliphatic carbocycles. The second-order valence-electron chi connectivity index (χ2n) is 5.51. The van der Waals surface area contributed by atoms with Crippen LogP contribution in [-0.4, -0.2) is 19.1 Å². The summed E-state index contributed by atoms with van der Waals surface area (Å²) in [6.45, 7) is 2.22. The van der Waals surface area contributed by atoms with Crippen molar-refractivity contribution in [1.82, 2.24) is 5.32 Å². The molecular formula is C13H26N2. The topological polar surface area (TPSA) is 38.0 Å². The minimum Gasteiger partial charge on any atom is -0.326 e. The highest BCUT2D eigenvalue weighted by Gasteiger charge is 2.25. The molecule has 1 aliphatic heterocycles. The Kier molecular flexibility index (Phi) is 4.45. The summed E-state index contributed by atoms with van der Waals surface area (Å²) < 4.78 is 0. The van der Waals surface area contributed by atoms with Gasteiger partial charge in [0, 0.05) is 12.6 Å². The van der Waals surface area contributed by atoms with E-state index in [2.05, 4.69) is 5.32 Å². The van der Waals surface area contributed by atoms with Crippen LogP contribution in [0.5, 0.6) is 0 Å². The van der Waals surface area contributed by atoms with Crippen LogP contribution >= 0.6 is 0 Å². The predicted octanol–water partition coefficient (Wildman–Crippen LogP) is 2.28. The number of piperidine rings is 1. The molecule has 0 aromatic carbocycles. The Labute approximate surface area is 94.0 Å². The van der Waals surface area contributed by atoms with Gasteiger partial charge >= 0.3 is 0 Å². The first-order valence-electron chi connectivity index (χ1n) is 6.82. The highest BCUT2D eigenvalue weighted by Crippen LogP contribution is 2.30. The summed E-state index contributed by atoms with van der Waals surface area (Å²) >= 11 is 0. The Morgan fingerprint density at radius 2 is 1.73 bits per heavy atom. The van der Waals surface area contributed by atoms with Crippen LogP contribution in [0.25, 0.3) is 0 Å². The van der Waals surface area contributed by atoms with Crippen LogP contribution < -0.4 is 11.1 Å². The van der Waals surface area contributed by atoms with Crippen LogP contribution in [0, 0.1) is 11.8 Å². The van der Waals surface area contributed by atoms with E-state index in [1.165, 1.54) is 57.9 Å². The second kappa shape index (κ2) is 5.86. The van der Waals surface area contributed by atoms with Gasteiger partial charge < -0.3 is 11.1 Å². The Morgan fingerprint density at radius 1 is 1.00 bits per heavy atom. The van der Waals surface area contributed by atoms with E-state index >= 15 is 0 Å². The summed E-state index contributed by atoms with van der Waals surface area (Å²) in [6, 6.07) is 0.419. The quantitative estimate of drug-likeness (QED) is 0.686. The fourth-order valence-corrected chi connectivity index (χ4v) is 3.26. The fourth-order valence-electron chi connectivity index (χ4n) is 3.26. The zero-order chi connectivity index (χ0) is 10.5. The average molecular weight is 210 g/mol. The van der Waals surface area contributed by atoms with Gasteiger partial charge in [-0.25, -0.2) is 0 Å². The van der Waals surface area contributed by atoms with Gasteiger partial charge in [0.2, 0.25) is 0 Å². The summed E-state index contributed by atoms with van der Waals surface area (Å²) in [6.07, 6.45) is 11.5. The zero-order valence-corrected chi connectivity index (χ0v) is 9.88.